The first kappa shape index (κ1) is 14.7. The van der Waals surface area contributed by atoms with E-state index in [2.05, 4.69) is 29.0 Å². The van der Waals surface area contributed by atoms with Gasteiger partial charge < -0.3 is 9.72 Å². The number of nitrogens with zero attached hydrogens (tertiary/aromatic N) is 1. The molecule has 3 aromatic rings. The summed E-state index contributed by atoms with van der Waals surface area (Å²) in [6.07, 6.45) is 1.53. The molecule has 0 radical (unpaired) electrons. The molecule has 0 saturated carbocycles. The maximum atomic E-state index is 12.5. The summed E-state index contributed by atoms with van der Waals surface area (Å²) < 4.78 is 5.96. The smallest absolute Gasteiger partial charge is 0.258 e. The van der Waals surface area contributed by atoms with Crippen LogP contribution < -0.4 is 10.3 Å². The van der Waals surface area contributed by atoms with Gasteiger partial charge in [0.2, 0.25) is 5.88 Å². The number of para-hydroxylation sites is 1. The van der Waals surface area contributed by atoms with Crippen molar-refractivity contribution in [1.82, 2.24) is 9.97 Å². The minimum atomic E-state index is -0.137. The third kappa shape index (κ3) is 2.40. The van der Waals surface area contributed by atoms with Gasteiger partial charge in [0, 0.05) is 12.0 Å². The highest BCUT2D eigenvalue weighted by atomic mass is 16.5. The van der Waals surface area contributed by atoms with Gasteiger partial charge in [0.05, 0.1) is 5.56 Å². The van der Waals surface area contributed by atoms with Crippen LogP contribution in [0.25, 0.3) is 11.4 Å². The monoisotopic (exact) mass is 318 g/mol. The predicted octanol–water partition coefficient (Wildman–Crippen LogP) is 4.00. The lowest BCUT2D eigenvalue weighted by Crippen LogP contribution is -2.20. The normalized spacial score (nSPS) is 12.2. The quantitative estimate of drug-likeness (QED) is 0.607. The summed E-state index contributed by atoms with van der Waals surface area (Å²) in [7, 11) is 0. The van der Waals surface area contributed by atoms with E-state index < -0.39 is 0 Å². The molecule has 0 atom stereocenters. The van der Waals surface area contributed by atoms with Crippen molar-refractivity contribution >= 4 is 0 Å². The number of nitrogens with one attached hydrogen (secondary N) is 1. The molecular formula is C20H18N2O2. The van der Waals surface area contributed by atoms with Crippen LogP contribution in [0.15, 0.2) is 47.3 Å². The van der Waals surface area contributed by atoms with E-state index in [1.165, 1.54) is 5.56 Å². The van der Waals surface area contributed by atoms with Gasteiger partial charge in [0.1, 0.15) is 11.6 Å². The van der Waals surface area contributed by atoms with Crippen LogP contribution in [0.4, 0.5) is 0 Å². The molecule has 1 aliphatic heterocycles. The van der Waals surface area contributed by atoms with Crippen LogP contribution in [0.2, 0.25) is 0 Å². The lowest BCUT2D eigenvalue weighted by molar-refractivity contribution is 0.435. The first-order chi connectivity index (χ1) is 11.7. The van der Waals surface area contributed by atoms with Crippen LogP contribution in [0.1, 0.15) is 29.2 Å². The topological polar surface area (TPSA) is 55.0 Å². The Labute approximate surface area is 140 Å². The standard InChI is InChI=1S/C20H18N2O2/c1-3-13-7-9-14(10-8-13)18-21-19(23)16-11-15-6-4-5-12(2)17(15)24-20(16)22-18/h4-10H,3,11H2,1-2H3,(H,21,22,23). The molecule has 1 aliphatic rings. The Morgan fingerprint density at radius 2 is 1.96 bits per heavy atom. The molecule has 4 nitrogen and oxygen atoms in total. The maximum Gasteiger partial charge on any atom is 0.258 e. The molecule has 4 heteroatoms. The lowest BCUT2D eigenvalue weighted by Gasteiger charge is -2.20. The average molecular weight is 318 g/mol. The molecule has 0 bridgehead atoms. The first-order valence-corrected chi connectivity index (χ1v) is 8.14. The van der Waals surface area contributed by atoms with Crippen molar-refractivity contribution < 1.29 is 4.74 Å². The predicted molar refractivity (Wildman–Crippen MR) is 93.7 cm³/mol. The molecule has 0 spiro atoms. The van der Waals surface area contributed by atoms with Crippen LogP contribution in [-0.2, 0) is 12.8 Å². The number of hydrogen-bond acceptors (Lipinski definition) is 3. The number of rotatable bonds is 2. The largest absolute Gasteiger partial charge is 0.438 e. The molecular weight excluding hydrogens is 300 g/mol. The third-order valence-corrected chi connectivity index (χ3v) is 4.47. The minimum Gasteiger partial charge on any atom is -0.438 e. The zero-order valence-corrected chi connectivity index (χ0v) is 13.7. The molecule has 120 valence electrons. The van der Waals surface area contributed by atoms with Crippen LogP contribution in [0, 0.1) is 6.92 Å². The summed E-state index contributed by atoms with van der Waals surface area (Å²) in [5, 5.41) is 0. The van der Waals surface area contributed by atoms with Crippen molar-refractivity contribution in [2.45, 2.75) is 26.7 Å². The van der Waals surface area contributed by atoms with E-state index in [-0.39, 0.29) is 5.56 Å². The highest BCUT2D eigenvalue weighted by Gasteiger charge is 2.23. The van der Waals surface area contributed by atoms with Crippen molar-refractivity contribution in [3.05, 3.63) is 75.1 Å². The minimum absolute atomic E-state index is 0.137. The molecule has 0 fully saturated rings. The van der Waals surface area contributed by atoms with Gasteiger partial charge in [-0.2, -0.15) is 4.98 Å². The Balaban J connectivity index is 1.79. The van der Waals surface area contributed by atoms with Crippen LogP contribution in [-0.4, -0.2) is 9.97 Å². The van der Waals surface area contributed by atoms with Crippen molar-refractivity contribution in [3.63, 3.8) is 0 Å². The van der Waals surface area contributed by atoms with E-state index in [0.29, 0.717) is 23.7 Å². The molecule has 1 N–H and O–H groups in total. The Morgan fingerprint density at radius 3 is 2.71 bits per heavy atom. The summed E-state index contributed by atoms with van der Waals surface area (Å²) in [4.78, 5) is 20.0. The fourth-order valence-electron chi connectivity index (χ4n) is 3.04. The SMILES string of the molecule is CCc1ccc(-c2nc3c(c(=O)[nH]2)Cc2cccc(C)c2O3)cc1. The van der Waals surface area contributed by atoms with Crippen LogP contribution in [0.3, 0.4) is 0 Å². The number of H-pyrrole nitrogens is 1. The van der Waals surface area contributed by atoms with Crippen molar-refractivity contribution in [2.75, 3.05) is 0 Å². The van der Waals surface area contributed by atoms with E-state index in [1.54, 1.807) is 0 Å². The van der Waals surface area contributed by atoms with E-state index in [0.717, 1.165) is 28.9 Å². The molecule has 4 rings (SSSR count). The second-order valence-electron chi connectivity index (χ2n) is 6.09. The van der Waals surface area contributed by atoms with Crippen molar-refractivity contribution in [1.29, 1.82) is 0 Å². The second-order valence-corrected chi connectivity index (χ2v) is 6.09. The van der Waals surface area contributed by atoms with E-state index in [1.807, 2.05) is 37.3 Å². The van der Waals surface area contributed by atoms with Crippen LogP contribution >= 0.6 is 0 Å². The van der Waals surface area contributed by atoms with Crippen molar-refractivity contribution in [3.8, 4) is 23.0 Å². The van der Waals surface area contributed by atoms with Crippen LogP contribution in [0.5, 0.6) is 11.6 Å². The molecule has 0 aliphatic carbocycles. The van der Waals surface area contributed by atoms with Gasteiger partial charge >= 0.3 is 0 Å². The van der Waals surface area contributed by atoms with E-state index >= 15 is 0 Å². The number of ether oxygens (including phenoxy) is 1. The Bertz CT molecular complexity index is 972. The highest BCUT2D eigenvalue weighted by molar-refractivity contribution is 5.58. The molecule has 1 aromatic heterocycles. The molecule has 24 heavy (non-hydrogen) atoms. The Kier molecular flexibility index (Phi) is 3.45. The lowest BCUT2D eigenvalue weighted by atomic mass is 10.0. The number of aromatic nitrogens is 2. The summed E-state index contributed by atoms with van der Waals surface area (Å²) in [6.45, 7) is 4.11. The fourth-order valence-corrected chi connectivity index (χ4v) is 3.04. The number of fused-ring (bicyclic) bond motifs is 2. The van der Waals surface area contributed by atoms with Gasteiger partial charge in [-0.15, -0.1) is 0 Å². The number of aryl methyl sites for hydroxylation is 2. The number of hydrogen-bond donors (Lipinski definition) is 1. The first-order valence-electron chi connectivity index (χ1n) is 8.14. The summed E-state index contributed by atoms with van der Waals surface area (Å²) in [5.74, 6) is 1.77. The third-order valence-electron chi connectivity index (χ3n) is 4.47. The fraction of sp³-hybridized carbons (Fsp3) is 0.200. The van der Waals surface area contributed by atoms with Gasteiger partial charge in [-0.3, -0.25) is 4.79 Å². The van der Waals surface area contributed by atoms with E-state index in [4.69, 9.17) is 4.74 Å². The number of aromatic amines is 1. The zero-order valence-electron chi connectivity index (χ0n) is 13.7. The maximum absolute atomic E-state index is 12.5. The molecule has 0 amide bonds. The van der Waals surface area contributed by atoms with E-state index in [9.17, 15) is 4.79 Å². The highest BCUT2D eigenvalue weighted by Crippen LogP contribution is 2.36. The summed E-state index contributed by atoms with van der Waals surface area (Å²) in [5.41, 5.74) is 4.65. The Morgan fingerprint density at radius 1 is 1.17 bits per heavy atom. The van der Waals surface area contributed by atoms with Gasteiger partial charge in [-0.25, -0.2) is 0 Å². The second kappa shape index (κ2) is 5.64. The van der Waals surface area contributed by atoms with Gasteiger partial charge in [0.15, 0.2) is 0 Å². The molecule has 0 unspecified atom stereocenters. The average Bonchev–Trinajstić information content (AvgIpc) is 2.61. The molecule has 0 saturated heterocycles. The molecule has 2 aromatic carbocycles. The zero-order chi connectivity index (χ0) is 16.7. The van der Waals surface area contributed by atoms with Crippen molar-refractivity contribution in [2.24, 2.45) is 0 Å². The number of benzene rings is 2. The molecule has 2 heterocycles. The van der Waals surface area contributed by atoms with Gasteiger partial charge in [0.25, 0.3) is 5.56 Å². The van der Waals surface area contributed by atoms with Gasteiger partial charge in [-0.05, 0) is 30.0 Å². The van der Waals surface area contributed by atoms with Gasteiger partial charge in [-0.1, -0.05) is 49.4 Å². The summed E-state index contributed by atoms with van der Waals surface area (Å²) >= 11 is 0. The summed E-state index contributed by atoms with van der Waals surface area (Å²) in [6, 6.07) is 14.0. The Hall–Kier alpha value is -2.88.